The molecule has 0 aliphatic rings. The lowest BCUT2D eigenvalue weighted by Gasteiger charge is -2.36. The lowest BCUT2D eigenvalue weighted by Crippen LogP contribution is -2.54. The summed E-state index contributed by atoms with van der Waals surface area (Å²) >= 11 is 0. The highest BCUT2D eigenvalue weighted by Gasteiger charge is 2.32. The van der Waals surface area contributed by atoms with Gasteiger partial charge < -0.3 is 4.74 Å². The van der Waals surface area contributed by atoms with Crippen LogP contribution in [0.15, 0.2) is 24.3 Å². The van der Waals surface area contributed by atoms with Gasteiger partial charge in [-0.2, -0.15) is 0 Å². The molecule has 1 aromatic carbocycles. The van der Waals surface area contributed by atoms with E-state index in [0.717, 1.165) is 19.3 Å². The minimum absolute atomic E-state index is 0.116. The summed E-state index contributed by atoms with van der Waals surface area (Å²) in [6.45, 7) is 9.17. The molecule has 2 unspecified atom stereocenters. The van der Waals surface area contributed by atoms with Crippen molar-refractivity contribution in [2.75, 3.05) is 6.61 Å². The molecule has 1 rings (SSSR count). The lowest BCUT2D eigenvalue weighted by molar-refractivity contribution is -0.0550. The van der Waals surface area contributed by atoms with Gasteiger partial charge in [0.15, 0.2) is 0 Å². The first kappa shape index (κ1) is 16.2. The van der Waals surface area contributed by atoms with Crippen LogP contribution in [0.2, 0.25) is 0 Å². The number of hydrogen-bond acceptors (Lipinski definition) is 3. The van der Waals surface area contributed by atoms with Crippen molar-refractivity contribution in [3.8, 4) is 0 Å². The second-order valence-electron chi connectivity index (χ2n) is 5.19. The Balaban J connectivity index is 2.79. The summed E-state index contributed by atoms with van der Waals surface area (Å²) in [4.78, 5) is 0. The standard InChI is InChI=1S/C16H28N2O/c1-5-13-8-10-14(11-9-13)12-15(18-17)16(4,6-2)19-7-3/h8-11,15,18H,5-7,12,17H2,1-4H3. The third-order valence-corrected chi connectivity index (χ3v) is 3.99. The van der Waals surface area contributed by atoms with Gasteiger partial charge in [-0.15, -0.1) is 0 Å². The fourth-order valence-corrected chi connectivity index (χ4v) is 2.38. The summed E-state index contributed by atoms with van der Waals surface area (Å²) in [5.41, 5.74) is 5.36. The van der Waals surface area contributed by atoms with E-state index in [2.05, 4.69) is 50.5 Å². The van der Waals surface area contributed by atoms with Gasteiger partial charge in [0.2, 0.25) is 0 Å². The molecular weight excluding hydrogens is 236 g/mol. The normalized spacial score (nSPS) is 16.1. The number of nitrogens with one attached hydrogen (secondary N) is 1. The Morgan fingerprint density at radius 2 is 1.74 bits per heavy atom. The molecule has 2 atom stereocenters. The second kappa shape index (κ2) is 7.63. The van der Waals surface area contributed by atoms with Crippen LogP contribution in [0.3, 0.4) is 0 Å². The first-order chi connectivity index (χ1) is 9.09. The molecule has 0 fully saturated rings. The van der Waals surface area contributed by atoms with Gasteiger partial charge in [-0.1, -0.05) is 38.1 Å². The number of rotatable bonds is 8. The molecule has 0 aromatic heterocycles. The highest BCUT2D eigenvalue weighted by atomic mass is 16.5. The maximum atomic E-state index is 5.91. The Kier molecular flexibility index (Phi) is 6.49. The van der Waals surface area contributed by atoms with E-state index in [9.17, 15) is 0 Å². The minimum atomic E-state index is -0.229. The van der Waals surface area contributed by atoms with E-state index in [1.54, 1.807) is 0 Å². The monoisotopic (exact) mass is 264 g/mol. The summed E-state index contributed by atoms with van der Waals surface area (Å²) in [7, 11) is 0. The number of benzene rings is 1. The molecule has 108 valence electrons. The lowest BCUT2D eigenvalue weighted by atomic mass is 9.88. The third-order valence-electron chi connectivity index (χ3n) is 3.99. The van der Waals surface area contributed by atoms with E-state index >= 15 is 0 Å². The zero-order valence-corrected chi connectivity index (χ0v) is 12.7. The quantitative estimate of drug-likeness (QED) is 0.560. The van der Waals surface area contributed by atoms with Crippen molar-refractivity contribution in [3.05, 3.63) is 35.4 Å². The number of hydrogen-bond donors (Lipinski definition) is 2. The number of hydrazine groups is 1. The maximum absolute atomic E-state index is 5.91. The molecule has 3 N–H and O–H groups in total. The van der Waals surface area contributed by atoms with Crippen LogP contribution in [0, 0.1) is 0 Å². The van der Waals surface area contributed by atoms with Gasteiger partial charge in [-0.05, 0) is 44.2 Å². The third kappa shape index (κ3) is 4.30. The average Bonchev–Trinajstić information content (AvgIpc) is 2.45. The second-order valence-corrected chi connectivity index (χ2v) is 5.19. The fourth-order valence-electron chi connectivity index (χ4n) is 2.38. The molecule has 1 aromatic rings. The van der Waals surface area contributed by atoms with Gasteiger partial charge in [0.05, 0.1) is 11.6 Å². The van der Waals surface area contributed by atoms with Crippen LogP contribution in [0.25, 0.3) is 0 Å². The molecule has 3 heteroatoms. The van der Waals surface area contributed by atoms with Crippen LogP contribution in [-0.2, 0) is 17.6 Å². The molecule has 0 amide bonds. The summed E-state index contributed by atoms with van der Waals surface area (Å²) in [6, 6.07) is 8.86. The summed E-state index contributed by atoms with van der Waals surface area (Å²) < 4.78 is 5.91. The molecule has 0 bridgehead atoms. The molecule has 0 saturated heterocycles. The smallest absolute Gasteiger partial charge is 0.0820 e. The first-order valence-electron chi connectivity index (χ1n) is 7.27. The van der Waals surface area contributed by atoms with Crippen molar-refractivity contribution in [2.24, 2.45) is 5.84 Å². The van der Waals surface area contributed by atoms with E-state index in [0.29, 0.717) is 6.61 Å². The Bertz CT molecular complexity index is 364. The molecule has 0 aliphatic heterocycles. The average molecular weight is 264 g/mol. The molecule has 0 aliphatic carbocycles. The van der Waals surface area contributed by atoms with Gasteiger partial charge in [-0.3, -0.25) is 11.3 Å². The van der Waals surface area contributed by atoms with Crippen LogP contribution < -0.4 is 11.3 Å². The Labute approximate surface area is 117 Å². The van der Waals surface area contributed by atoms with Crippen molar-refractivity contribution >= 4 is 0 Å². The van der Waals surface area contributed by atoms with Gasteiger partial charge in [-0.25, -0.2) is 0 Å². The van der Waals surface area contributed by atoms with Crippen LogP contribution in [-0.4, -0.2) is 18.2 Å². The molecule has 3 nitrogen and oxygen atoms in total. The number of aryl methyl sites for hydroxylation is 1. The number of nitrogens with two attached hydrogens (primary N) is 1. The van der Waals surface area contributed by atoms with Crippen LogP contribution in [0.1, 0.15) is 45.2 Å². The van der Waals surface area contributed by atoms with Crippen molar-refractivity contribution in [2.45, 2.75) is 58.6 Å². The Morgan fingerprint density at radius 3 is 2.16 bits per heavy atom. The van der Waals surface area contributed by atoms with Crippen molar-refractivity contribution in [3.63, 3.8) is 0 Å². The zero-order chi connectivity index (χ0) is 14.3. The molecule has 0 heterocycles. The molecule has 19 heavy (non-hydrogen) atoms. The van der Waals surface area contributed by atoms with E-state index in [1.165, 1.54) is 11.1 Å². The van der Waals surface area contributed by atoms with E-state index < -0.39 is 0 Å². The summed E-state index contributed by atoms with van der Waals surface area (Å²) in [5.74, 6) is 5.74. The Hall–Kier alpha value is -0.900. The SMILES string of the molecule is CCOC(C)(CC)C(Cc1ccc(CC)cc1)NN. The molecule has 0 radical (unpaired) electrons. The predicted octanol–water partition coefficient (Wildman–Crippen LogP) is 2.83. The topological polar surface area (TPSA) is 47.3 Å². The fraction of sp³-hybridized carbons (Fsp3) is 0.625. The maximum Gasteiger partial charge on any atom is 0.0820 e. The van der Waals surface area contributed by atoms with Crippen molar-refractivity contribution in [1.29, 1.82) is 0 Å². The largest absolute Gasteiger partial charge is 0.374 e. The van der Waals surface area contributed by atoms with E-state index in [4.69, 9.17) is 10.6 Å². The van der Waals surface area contributed by atoms with Gasteiger partial charge >= 0.3 is 0 Å². The molecule has 0 saturated carbocycles. The Morgan fingerprint density at radius 1 is 1.16 bits per heavy atom. The molecule has 0 spiro atoms. The molecular formula is C16H28N2O. The predicted molar refractivity (Wildman–Crippen MR) is 81.0 cm³/mol. The van der Waals surface area contributed by atoms with Crippen LogP contribution >= 0.6 is 0 Å². The number of ether oxygens (including phenoxy) is 1. The highest BCUT2D eigenvalue weighted by molar-refractivity contribution is 5.23. The first-order valence-corrected chi connectivity index (χ1v) is 7.27. The van der Waals surface area contributed by atoms with E-state index in [1.807, 2.05) is 6.92 Å². The van der Waals surface area contributed by atoms with Gasteiger partial charge in [0.25, 0.3) is 0 Å². The summed E-state index contributed by atoms with van der Waals surface area (Å²) in [6.07, 6.45) is 2.89. The van der Waals surface area contributed by atoms with Crippen molar-refractivity contribution < 1.29 is 4.74 Å². The summed E-state index contributed by atoms with van der Waals surface area (Å²) in [5, 5.41) is 0. The zero-order valence-electron chi connectivity index (χ0n) is 12.7. The van der Waals surface area contributed by atoms with Gasteiger partial charge in [0.1, 0.15) is 0 Å². The van der Waals surface area contributed by atoms with E-state index in [-0.39, 0.29) is 11.6 Å². The van der Waals surface area contributed by atoms with Crippen LogP contribution in [0.4, 0.5) is 0 Å². The van der Waals surface area contributed by atoms with Crippen molar-refractivity contribution in [1.82, 2.24) is 5.43 Å². The minimum Gasteiger partial charge on any atom is -0.374 e. The van der Waals surface area contributed by atoms with Gasteiger partial charge in [0, 0.05) is 6.61 Å². The van der Waals surface area contributed by atoms with Crippen LogP contribution in [0.5, 0.6) is 0 Å². The highest BCUT2D eigenvalue weighted by Crippen LogP contribution is 2.23.